The summed E-state index contributed by atoms with van der Waals surface area (Å²) in [5.74, 6) is -0.453. The highest BCUT2D eigenvalue weighted by molar-refractivity contribution is 7.22. The van der Waals surface area contributed by atoms with Crippen LogP contribution >= 0.6 is 11.3 Å². The number of benzene rings is 1. The predicted octanol–water partition coefficient (Wildman–Crippen LogP) is 4.08. The fourth-order valence-electron chi connectivity index (χ4n) is 5.36. The van der Waals surface area contributed by atoms with E-state index in [9.17, 15) is 24.6 Å². The standard InChI is InChI=1S/C29H33N3O8S/c1-16-22-25(34)32(29(2,3)27(35)36)28(37)31(26(22)41-23(16)24-30-13-14-39-24)15-21(19-7-5-6-8-20(19)38-4)40-18-11-9-17(33)10-12-18/h5-8,13-14,17-18,21,33H,9-12,15H2,1-4H3,(H,35,36)/t17-,18-,21-/m0/s1. The molecule has 3 aromatic heterocycles. The molecule has 0 aliphatic heterocycles. The summed E-state index contributed by atoms with van der Waals surface area (Å²) in [7, 11) is 1.55. The minimum atomic E-state index is -1.83. The van der Waals surface area contributed by atoms with Crippen molar-refractivity contribution in [3.05, 3.63) is 68.7 Å². The number of hydrogen-bond acceptors (Lipinski definition) is 9. The molecule has 4 aromatic rings. The van der Waals surface area contributed by atoms with E-state index in [-0.39, 0.29) is 24.1 Å². The lowest BCUT2D eigenvalue weighted by atomic mass is 9.94. The molecule has 11 nitrogen and oxygen atoms in total. The lowest BCUT2D eigenvalue weighted by molar-refractivity contribution is -0.146. The lowest BCUT2D eigenvalue weighted by Crippen LogP contribution is -2.52. The molecule has 0 saturated heterocycles. The molecule has 0 amide bonds. The summed E-state index contributed by atoms with van der Waals surface area (Å²) in [6, 6.07) is 7.35. The van der Waals surface area contributed by atoms with Crippen LogP contribution in [0, 0.1) is 6.92 Å². The van der Waals surface area contributed by atoms with Gasteiger partial charge in [0, 0.05) is 5.56 Å². The number of rotatable bonds is 9. The van der Waals surface area contributed by atoms with Crippen molar-refractivity contribution in [1.82, 2.24) is 14.1 Å². The summed E-state index contributed by atoms with van der Waals surface area (Å²) < 4.78 is 20.0. The summed E-state index contributed by atoms with van der Waals surface area (Å²) in [5, 5.41) is 20.2. The van der Waals surface area contributed by atoms with Gasteiger partial charge < -0.3 is 24.1 Å². The molecule has 0 spiro atoms. The third-order valence-corrected chi connectivity index (χ3v) is 9.06. The van der Waals surface area contributed by atoms with Gasteiger partial charge in [0.25, 0.3) is 5.56 Å². The number of aromatic nitrogens is 3. The maximum atomic E-state index is 14.1. The Morgan fingerprint density at radius 2 is 1.93 bits per heavy atom. The summed E-state index contributed by atoms with van der Waals surface area (Å²) in [6.45, 7) is 4.36. The van der Waals surface area contributed by atoms with E-state index in [1.54, 1.807) is 20.1 Å². The van der Waals surface area contributed by atoms with Gasteiger partial charge in [-0.1, -0.05) is 18.2 Å². The first kappa shape index (κ1) is 28.8. The van der Waals surface area contributed by atoms with Crippen LogP contribution in [-0.4, -0.2) is 49.6 Å². The molecule has 41 heavy (non-hydrogen) atoms. The van der Waals surface area contributed by atoms with Crippen LogP contribution in [0.2, 0.25) is 0 Å². The monoisotopic (exact) mass is 583 g/mol. The van der Waals surface area contributed by atoms with Crippen LogP contribution in [0.15, 0.2) is 50.7 Å². The van der Waals surface area contributed by atoms with Crippen LogP contribution in [0.3, 0.4) is 0 Å². The second-order valence-electron chi connectivity index (χ2n) is 10.8. The second kappa shape index (κ2) is 11.3. The van der Waals surface area contributed by atoms with Crippen LogP contribution in [0.25, 0.3) is 21.0 Å². The van der Waals surface area contributed by atoms with Gasteiger partial charge in [0.15, 0.2) is 0 Å². The topological polar surface area (TPSA) is 146 Å². The Morgan fingerprint density at radius 3 is 2.56 bits per heavy atom. The normalized spacial score (nSPS) is 18.5. The van der Waals surface area contributed by atoms with Gasteiger partial charge in [0.1, 0.15) is 28.5 Å². The zero-order chi connectivity index (χ0) is 29.5. The van der Waals surface area contributed by atoms with E-state index >= 15 is 0 Å². The lowest BCUT2D eigenvalue weighted by Gasteiger charge is -2.31. The number of aliphatic hydroxyl groups excluding tert-OH is 1. The molecule has 1 fully saturated rings. The molecule has 2 N–H and O–H groups in total. The van der Waals surface area contributed by atoms with Crippen molar-refractivity contribution < 1.29 is 28.9 Å². The molecule has 0 bridgehead atoms. The van der Waals surface area contributed by atoms with Crippen LogP contribution in [0.4, 0.5) is 0 Å². The van der Waals surface area contributed by atoms with E-state index in [1.165, 1.54) is 42.2 Å². The van der Waals surface area contributed by atoms with E-state index < -0.39 is 28.9 Å². The Morgan fingerprint density at radius 1 is 1.22 bits per heavy atom. The van der Waals surface area contributed by atoms with Crippen molar-refractivity contribution in [3.63, 3.8) is 0 Å². The number of aryl methyl sites for hydroxylation is 1. The number of ether oxygens (including phenoxy) is 2. The number of hydrogen-bond donors (Lipinski definition) is 2. The summed E-state index contributed by atoms with van der Waals surface area (Å²) in [6.07, 6.45) is 4.20. The molecule has 1 aliphatic rings. The largest absolute Gasteiger partial charge is 0.496 e. The van der Waals surface area contributed by atoms with Crippen molar-refractivity contribution >= 4 is 27.5 Å². The first-order chi connectivity index (χ1) is 19.5. The number of thiophene rings is 1. The molecule has 5 rings (SSSR count). The molecule has 1 saturated carbocycles. The smallest absolute Gasteiger partial charge is 0.333 e. The van der Waals surface area contributed by atoms with Crippen molar-refractivity contribution in [2.75, 3.05) is 7.11 Å². The number of aliphatic hydroxyl groups is 1. The van der Waals surface area contributed by atoms with E-state index in [0.717, 1.165) is 4.57 Å². The zero-order valence-electron chi connectivity index (χ0n) is 23.3. The minimum Gasteiger partial charge on any atom is -0.496 e. The van der Waals surface area contributed by atoms with Crippen molar-refractivity contribution in [2.45, 2.75) is 76.9 Å². The number of carbonyl (C=O) groups is 1. The highest BCUT2D eigenvalue weighted by Crippen LogP contribution is 2.38. The number of methoxy groups -OCH3 is 1. The maximum Gasteiger partial charge on any atom is 0.333 e. The van der Waals surface area contributed by atoms with E-state index in [0.29, 0.717) is 58.2 Å². The number of fused-ring (bicyclic) bond motifs is 1. The van der Waals surface area contributed by atoms with Gasteiger partial charge in [0.05, 0.1) is 42.3 Å². The Bertz CT molecular complexity index is 1680. The Hall–Kier alpha value is -3.74. The average molecular weight is 584 g/mol. The third kappa shape index (κ3) is 5.22. The van der Waals surface area contributed by atoms with E-state index in [1.807, 2.05) is 18.2 Å². The molecule has 3 heterocycles. The molecule has 1 aromatic carbocycles. The number of nitrogens with zero attached hydrogens (tertiary/aromatic N) is 3. The van der Waals surface area contributed by atoms with Crippen molar-refractivity contribution in [3.8, 4) is 16.5 Å². The van der Waals surface area contributed by atoms with Gasteiger partial charge >= 0.3 is 11.7 Å². The van der Waals surface area contributed by atoms with Gasteiger partial charge in [-0.3, -0.25) is 9.36 Å². The Kier molecular flexibility index (Phi) is 7.91. The van der Waals surface area contributed by atoms with Gasteiger partial charge in [-0.25, -0.2) is 19.1 Å². The van der Waals surface area contributed by atoms with Gasteiger partial charge in [0.2, 0.25) is 5.89 Å². The number of aliphatic carboxylic acids is 1. The Balaban J connectivity index is 1.74. The zero-order valence-corrected chi connectivity index (χ0v) is 24.1. The average Bonchev–Trinajstić information content (AvgIpc) is 3.59. The fourth-order valence-corrected chi connectivity index (χ4v) is 6.60. The number of oxazole rings is 1. The third-order valence-electron chi connectivity index (χ3n) is 7.76. The maximum absolute atomic E-state index is 14.1. The predicted molar refractivity (Wildman–Crippen MR) is 153 cm³/mol. The van der Waals surface area contributed by atoms with E-state index in [4.69, 9.17) is 13.9 Å². The highest BCUT2D eigenvalue weighted by Gasteiger charge is 2.36. The summed E-state index contributed by atoms with van der Waals surface area (Å²) in [5.41, 5.74) is -2.05. The van der Waals surface area contributed by atoms with Crippen LogP contribution in [0.5, 0.6) is 5.75 Å². The van der Waals surface area contributed by atoms with Crippen LogP contribution < -0.4 is 16.0 Å². The van der Waals surface area contributed by atoms with Crippen LogP contribution in [-0.2, 0) is 21.6 Å². The summed E-state index contributed by atoms with van der Waals surface area (Å²) in [4.78, 5) is 45.4. The SMILES string of the molecule is COc1ccccc1[C@H](Cn1c(=O)n(C(C)(C)C(=O)O)c(=O)c2c(C)c(-c3ncco3)sc21)O[C@H]1CC[C@H](O)CC1. The fraction of sp³-hybridized carbons (Fsp3) is 0.448. The molecule has 218 valence electrons. The molecule has 0 unspecified atom stereocenters. The number of carboxylic acids is 1. The number of carboxylic acid groups (broad SMARTS) is 1. The molecule has 12 heteroatoms. The molecule has 1 aliphatic carbocycles. The van der Waals surface area contributed by atoms with Gasteiger partial charge in [-0.2, -0.15) is 0 Å². The summed E-state index contributed by atoms with van der Waals surface area (Å²) >= 11 is 1.18. The minimum absolute atomic E-state index is 0.0181. The first-order valence-corrected chi connectivity index (χ1v) is 14.2. The molecular weight excluding hydrogens is 550 g/mol. The second-order valence-corrected chi connectivity index (χ2v) is 11.8. The van der Waals surface area contributed by atoms with E-state index in [2.05, 4.69) is 4.98 Å². The van der Waals surface area contributed by atoms with Crippen LogP contribution in [0.1, 0.15) is 56.8 Å². The highest BCUT2D eigenvalue weighted by atomic mass is 32.1. The van der Waals surface area contributed by atoms with Crippen molar-refractivity contribution in [2.24, 2.45) is 0 Å². The van der Waals surface area contributed by atoms with Gasteiger partial charge in [-0.05, 0) is 58.1 Å². The quantitative estimate of drug-likeness (QED) is 0.298. The van der Waals surface area contributed by atoms with Crippen molar-refractivity contribution in [1.29, 1.82) is 0 Å². The first-order valence-electron chi connectivity index (χ1n) is 13.4. The number of para-hydroxylation sites is 1. The molecule has 0 radical (unpaired) electrons. The molecule has 1 atom stereocenters. The Labute approximate surface area is 239 Å². The van der Waals surface area contributed by atoms with Gasteiger partial charge in [-0.15, -0.1) is 11.3 Å². The molecular formula is C29H33N3O8S.